The molecule has 0 unspecified atom stereocenters. The van der Waals surface area contributed by atoms with E-state index in [0.29, 0.717) is 22.7 Å². The van der Waals surface area contributed by atoms with Gasteiger partial charge in [-0.1, -0.05) is 0 Å². The molecule has 174 valence electrons. The van der Waals surface area contributed by atoms with Crippen LogP contribution in [0.2, 0.25) is 0 Å². The van der Waals surface area contributed by atoms with Crippen molar-refractivity contribution in [1.82, 2.24) is 34.4 Å². The zero-order chi connectivity index (χ0) is 23.2. The molecule has 1 aliphatic carbocycles. The van der Waals surface area contributed by atoms with Gasteiger partial charge in [0.05, 0.1) is 11.9 Å². The molecule has 5 heterocycles. The standard InChI is InChI=1S/C24H26N8O2/c1-25-20-11-19(29-23-17(12-27-32(20)23)24(34)28-15-5-2-6-15)18-13-31(14-21(33)30-9-4-10-30)22-16(18)7-3-8-26-22/h3,7-8,11-13,15,25H,2,4-6,9-10,14H2,1H3,(H,28,34). The number of pyridine rings is 1. The summed E-state index contributed by atoms with van der Waals surface area (Å²) < 4.78 is 3.53. The van der Waals surface area contributed by atoms with E-state index in [4.69, 9.17) is 4.98 Å². The molecule has 34 heavy (non-hydrogen) atoms. The van der Waals surface area contributed by atoms with Gasteiger partial charge in [0.25, 0.3) is 5.91 Å². The fraction of sp³-hybridized carbons (Fsp3) is 0.375. The number of carbonyl (C=O) groups is 2. The quantitative estimate of drug-likeness (QED) is 0.459. The highest BCUT2D eigenvalue weighted by atomic mass is 16.2. The van der Waals surface area contributed by atoms with Crippen molar-refractivity contribution in [2.45, 2.75) is 38.3 Å². The third-order valence-electron chi connectivity index (χ3n) is 6.84. The lowest BCUT2D eigenvalue weighted by Gasteiger charge is -2.31. The molecule has 4 aromatic rings. The van der Waals surface area contributed by atoms with Crippen molar-refractivity contribution < 1.29 is 9.59 Å². The summed E-state index contributed by atoms with van der Waals surface area (Å²) in [5, 5.41) is 11.5. The molecule has 2 amide bonds. The Morgan fingerprint density at radius 2 is 2.03 bits per heavy atom. The van der Waals surface area contributed by atoms with Crippen LogP contribution in [0.15, 0.2) is 36.8 Å². The van der Waals surface area contributed by atoms with Crippen LogP contribution in [0.25, 0.3) is 27.9 Å². The van der Waals surface area contributed by atoms with Crippen LogP contribution >= 0.6 is 0 Å². The molecular formula is C24H26N8O2. The SMILES string of the molecule is CNc1cc(-c2cn(CC(=O)N3CCC3)c3ncccc23)nc2c(C(=O)NC3CCC3)cnn12. The maximum absolute atomic E-state index is 12.9. The molecule has 1 aliphatic heterocycles. The van der Waals surface area contributed by atoms with E-state index in [2.05, 4.69) is 20.7 Å². The van der Waals surface area contributed by atoms with E-state index >= 15 is 0 Å². The second-order valence-corrected chi connectivity index (χ2v) is 8.95. The van der Waals surface area contributed by atoms with Gasteiger partial charge in [-0.2, -0.15) is 9.61 Å². The monoisotopic (exact) mass is 458 g/mol. The first-order valence-electron chi connectivity index (χ1n) is 11.7. The number of rotatable bonds is 6. The molecule has 2 aliphatic rings. The number of hydrogen-bond acceptors (Lipinski definition) is 6. The normalized spacial score (nSPS) is 15.9. The summed E-state index contributed by atoms with van der Waals surface area (Å²) in [4.78, 5) is 36.8. The van der Waals surface area contributed by atoms with Gasteiger partial charge < -0.3 is 20.1 Å². The Hall–Kier alpha value is -3.95. The Balaban J connectivity index is 1.44. The summed E-state index contributed by atoms with van der Waals surface area (Å²) in [6.07, 6.45) is 9.44. The van der Waals surface area contributed by atoms with Crippen LogP contribution in [-0.4, -0.2) is 67.0 Å². The van der Waals surface area contributed by atoms with E-state index in [-0.39, 0.29) is 24.4 Å². The lowest BCUT2D eigenvalue weighted by molar-refractivity contribution is -0.135. The number of nitrogens with one attached hydrogen (secondary N) is 2. The number of nitrogens with zero attached hydrogens (tertiary/aromatic N) is 6. The largest absolute Gasteiger partial charge is 0.373 e. The van der Waals surface area contributed by atoms with Crippen molar-refractivity contribution in [3.05, 3.63) is 42.4 Å². The van der Waals surface area contributed by atoms with Crippen LogP contribution in [0.1, 0.15) is 36.0 Å². The molecule has 4 aromatic heterocycles. The smallest absolute Gasteiger partial charge is 0.256 e. The van der Waals surface area contributed by atoms with Gasteiger partial charge in [0, 0.05) is 55.6 Å². The minimum atomic E-state index is -0.157. The Morgan fingerprint density at radius 1 is 1.18 bits per heavy atom. The second-order valence-electron chi connectivity index (χ2n) is 8.95. The van der Waals surface area contributed by atoms with Gasteiger partial charge in [-0.3, -0.25) is 9.59 Å². The Morgan fingerprint density at radius 3 is 2.74 bits per heavy atom. The molecule has 6 rings (SSSR count). The number of fused-ring (bicyclic) bond motifs is 2. The van der Waals surface area contributed by atoms with Crippen LogP contribution in [0.5, 0.6) is 0 Å². The third-order valence-corrected chi connectivity index (χ3v) is 6.84. The molecule has 10 nitrogen and oxygen atoms in total. The van der Waals surface area contributed by atoms with E-state index in [1.165, 1.54) is 0 Å². The average molecular weight is 459 g/mol. The molecule has 10 heteroatoms. The lowest BCUT2D eigenvalue weighted by Crippen LogP contribution is -2.43. The third kappa shape index (κ3) is 3.37. The van der Waals surface area contributed by atoms with Gasteiger partial charge in [0.1, 0.15) is 23.6 Å². The molecular weight excluding hydrogens is 432 g/mol. The van der Waals surface area contributed by atoms with Gasteiger partial charge in [-0.25, -0.2) is 9.97 Å². The van der Waals surface area contributed by atoms with Crippen molar-refractivity contribution in [2.24, 2.45) is 0 Å². The van der Waals surface area contributed by atoms with Gasteiger partial charge in [-0.15, -0.1) is 0 Å². The average Bonchev–Trinajstić information content (AvgIpc) is 3.36. The number of aromatic nitrogens is 5. The van der Waals surface area contributed by atoms with Gasteiger partial charge in [0.15, 0.2) is 5.65 Å². The van der Waals surface area contributed by atoms with E-state index in [0.717, 1.165) is 55.4 Å². The van der Waals surface area contributed by atoms with Crippen molar-refractivity contribution in [2.75, 3.05) is 25.5 Å². The first-order chi connectivity index (χ1) is 16.6. The van der Waals surface area contributed by atoms with E-state index in [9.17, 15) is 9.59 Å². The van der Waals surface area contributed by atoms with Crippen molar-refractivity contribution >= 4 is 34.3 Å². The summed E-state index contributed by atoms with van der Waals surface area (Å²) >= 11 is 0. The number of hydrogen-bond donors (Lipinski definition) is 2. The first-order valence-corrected chi connectivity index (χ1v) is 11.7. The van der Waals surface area contributed by atoms with Crippen molar-refractivity contribution in [3.63, 3.8) is 0 Å². The predicted molar refractivity (Wildman–Crippen MR) is 128 cm³/mol. The highest BCUT2D eigenvalue weighted by molar-refractivity contribution is 6.01. The molecule has 0 aromatic carbocycles. The zero-order valence-corrected chi connectivity index (χ0v) is 19.0. The van der Waals surface area contributed by atoms with Gasteiger partial charge in [0.2, 0.25) is 5.91 Å². The minimum absolute atomic E-state index is 0.0884. The van der Waals surface area contributed by atoms with Crippen molar-refractivity contribution in [3.8, 4) is 11.3 Å². The number of amides is 2. The number of carbonyl (C=O) groups excluding carboxylic acids is 2. The summed E-state index contributed by atoms with van der Waals surface area (Å²) in [5.74, 6) is 0.644. The molecule has 1 saturated carbocycles. The van der Waals surface area contributed by atoms with Crippen LogP contribution in [0.4, 0.5) is 5.82 Å². The second kappa shape index (κ2) is 8.12. The minimum Gasteiger partial charge on any atom is -0.373 e. The predicted octanol–water partition coefficient (Wildman–Crippen LogP) is 2.30. The Kier molecular flexibility index (Phi) is 4.93. The Labute approximate surface area is 196 Å². The number of likely N-dealkylation sites (tertiary alicyclic amines) is 1. The fourth-order valence-corrected chi connectivity index (χ4v) is 4.51. The van der Waals surface area contributed by atoms with E-state index in [1.807, 2.05) is 40.9 Å². The lowest BCUT2D eigenvalue weighted by atomic mass is 9.93. The first kappa shape index (κ1) is 20.6. The summed E-state index contributed by atoms with van der Waals surface area (Å²) in [6.45, 7) is 1.86. The highest BCUT2D eigenvalue weighted by Crippen LogP contribution is 2.31. The fourth-order valence-electron chi connectivity index (χ4n) is 4.51. The molecule has 0 radical (unpaired) electrons. The van der Waals surface area contributed by atoms with Gasteiger partial charge in [-0.05, 0) is 37.8 Å². The van der Waals surface area contributed by atoms with Crippen LogP contribution in [0, 0.1) is 0 Å². The maximum atomic E-state index is 12.9. The van der Waals surface area contributed by atoms with Crippen molar-refractivity contribution in [1.29, 1.82) is 0 Å². The topological polar surface area (TPSA) is 109 Å². The summed E-state index contributed by atoms with van der Waals surface area (Å²) in [6, 6.07) is 5.98. The Bertz CT molecular complexity index is 1410. The van der Waals surface area contributed by atoms with E-state index in [1.54, 1.807) is 16.9 Å². The number of anilines is 1. The maximum Gasteiger partial charge on any atom is 0.256 e. The molecule has 0 bridgehead atoms. The summed E-state index contributed by atoms with van der Waals surface area (Å²) in [7, 11) is 1.81. The molecule has 2 N–H and O–H groups in total. The molecule has 1 saturated heterocycles. The van der Waals surface area contributed by atoms with Crippen LogP contribution in [-0.2, 0) is 11.3 Å². The summed E-state index contributed by atoms with van der Waals surface area (Å²) in [5.41, 5.74) is 3.20. The molecule has 0 spiro atoms. The van der Waals surface area contributed by atoms with Crippen LogP contribution < -0.4 is 10.6 Å². The zero-order valence-electron chi connectivity index (χ0n) is 19.0. The molecule has 0 atom stereocenters. The highest BCUT2D eigenvalue weighted by Gasteiger charge is 2.25. The molecule has 2 fully saturated rings. The van der Waals surface area contributed by atoms with Crippen LogP contribution in [0.3, 0.4) is 0 Å². The van der Waals surface area contributed by atoms with E-state index < -0.39 is 0 Å². The van der Waals surface area contributed by atoms with Gasteiger partial charge >= 0.3 is 0 Å².